The first kappa shape index (κ1) is 22.7. The second-order valence-electron chi connectivity index (χ2n) is 8.20. The van der Waals surface area contributed by atoms with E-state index in [1.54, 1.807) is 49.5 Å². The number of tetrazole rings is 1. The summed E-state index contributed by atoms with van der Waals surface area (Å²) in [7, 11) is 1.61. The fraction of sp³-hybridized carbons (Fsp3) is 0.0870. The fourth-order valence-electron chi connectivity index (χ4n) is 3.88. The summed E-state index contributed by atoms with van der Waals surface area (Å²) in [5, 5.41) is 26.0. The minimum atomic E-state index is -0.475. The summed E-state index contributed by atoms with van der Waals surface area (Å²) >= 11 is 0. The highest BCUT2D eigenvalue weighted by molar-refractivity contribution is 6.10. The second-order valence-corrected chi connectivity index (χ2v) is 8.20. The van der Waals surface area contributed by atoms with E-state index in [2.05, 4.69) is 51.4 Å². The van der Waals surface area contributed by atoms with Crippen molar-refractivity contribution < 1.29 is 14.0 Å². The summed E-state index contributed by atoms with van der Waals surface area (Å²) in [5.74, 6) is -0.808. The number of fused-ring (bicyclic) bond motifs is 2. The molecule has 4 aromatic heterocycles. The number of nitrogens with zero attached hydrogens (tertiary/aromatic N) is 7. The minimum Gasteiger partial charge on any atom is -0.408 e. The van der Waals surface area contributed by atoms with E-state index >= 15 is 0 Å². The molecule has 0 saturated heterocycles. The van der Waals surface area contributed by atoms with Gasteiger partial charge < -0.3 is 15.1 Å². The Kier molecular flexibility index (Phi) is 5.41. The molecule has 0 radical (unpaired) electrons. The number of aryl methyl sites for hydroxylation is 1. The van der Waals surface area contributed by atoms with Crippen LogP contribution >= 0.6 is 0 Å². The number of aromatic nitrogens is 9. The molecule has 0 spiro atoms. The number of aromatic amines is 2. The van der Waals surface area contributed by atoms with Crippen molar-refractivity contribution >= 4 is 39.8 Å². The van der Waals surface area contributed by atoms with Crippen LogP contribution < -0.4 is 16.4 Å². The zero-order valence-electron chi connectivity index (χ0n) is 19.6. The third-order valence-electron chi connectivity index (χ3n) is 5.86. The van der Waals surface area contributed by atoms with Gasteiger partial charge in [0.15, 0.2) is 17.1 Å². The largest absolute Gasteiger partial charge is 0.419 e. The number of anilines is 1. The van der Waals surface area contributed by atoms with Crippen LogP contribution in [0.3, 0.4) is 0 Å². The maximum absolute atomic E-state index is 12.9. The van der Waals surface area contributed by atoms with Gasteiger partial charge in [0, 0.05) is 24.7 Å². The van der Waals surface area contributed by atoms with Crippen molar-refractivity contribution in [3.05, 3.63) is 76.2 Å². The molecule has 15 heteroatoms. The van der Waals surface area contributed by atoms with Gasteiger partial charge >= 0.3 is 5.76 Å². The van der Waals surface area contributed by atoms with Gasteiger partial charge in [0.1, 0.15) is 17.4 Å². The van der Waals surface area contributed by atoms with E-state index in [4.69, 9.17) is 4.42 Å². The first-order chi connectivity index (χ1) is 18.5. The van der Waals surface area contributed by atoms with Crippen molar-refractivity contribution in [3.8, 4) is 11.4 Å². The number of oxazole rings is 1. The third kappa shape index (κ3) is 4.02. The topological polar surface area (TPSA) is 202 Å². The van der Waals surface area contributed by atoms with E-state index in [0.717, 1.165) is 5.56 Å². The van der Waals surface area contributed by atoms with Gasteiger partial charge in [-0.2, -0.15) is 10.3 Å². The molecule has 38 heavy (non-hydrogen) atoms. The zero-order chi connectivity index (χ0) is 26.2. The van der Waals surface area contributed by atoms with E-state index in [1.165, 1.54) is 10.9 Å². The van der Waals surface area contributed by atoms with Crippen LogP contribution in [0.5, 0.6) is 0 Å². The van der Waals surface area contributed by atoms with Crippen LogP contribution in [0, 0.1) is 0 Å². The van der Waals surface area contributed by atoms with Crippen LogP contribution in [-0.4, -0.2) is 57.2 Å². The smallest absolute Gasteiger partial charge is 0.408 e. The Balaban J connectivity index is 1.18. The molecule has 0 aliphatic heterocycles. The Morgan fingerprint density at radius 1 is 1.05 bits per heavy atom. The van der Waals surface area contributed by atoms with Crippen LogP contribution in [0.25, 0.3) is 33.5 Å². The molecule has 6 aromatic rings. The number of carbonyl (C=O) groups excluding carboxylic acids is 2. The summed E-state index contributed by atoms with van der Waals surface area (Å²) < 4.78 is 6.52. The van der Waals surface area contributed by atoms with Crippen molar-refractivity contribution in [2.24, 2.45) is 7.05 Å². The van der Waals surface area contributed by atoms with Crippen LogP contribution in [0.1, 0.15) is 26.4 Å². The van der Waals surface area contributed by atoms with Gasteiger partial charge in [0.05, 0.1) is 5.52 Å². The molecular weight excluding hydrogens is 494 g/mol. The number of nitrogens with one attached hydrogen (secondary N) is 4. The molecule has 4 heterocycles. The van der Waals surface area contributed by atoms with E-state index in [-0.39, 0.29) is 29.1 Å². The lowest BCUT2D eigenvalue weighted by molar-refractivity contribution is 0.0946. The number of carbonyl (C=O) groups is 2. The first-order valence-electron chi connectivity index (χ1n) is 11.2. The van der Waals surface area contributed by atoms with Crippen molar-refractivity contribution in [1.82, 2.24) is 50.7 Å². The molecule has 6 rings (SSSR count). The van der Waals surface area contributed by atoms with Gasteiger partial charge in [-0.3, -0.25) is 19.3 Å². The van der Waals surface area contributed by atoms with Crippen molar-refractivity contribution in [3.63, 3.8) is 0 Å². The number of H-pyrrole nitrogens is 2. The van der Waals surface area contributed by atoms with Crippen LogP contribution in [0.2, 0.25) is 0 Å². The van der Waals surface area contributed by atoms with Crippen LogP contribution in [-0.2, 0) is 13.6 Å². The molecule has 15 nitrogen and oxygen atoms in total. The van der Waals surface area contributed by atoms with Gasteiger partial charge in [-0.05, 0) is 35.0 Å². The Labute approximate surface area is 211 Å². The quantitative estimate of drug-likeness (QED) is 0.251. The van der Waals surface area contributed by atoms with Gasteiger partial charge in [0.2, 0.25) is 5.82 Å². The molecule has 0 aliphatic carbocycles. The predicted molar refractivity (Wildman–Crippen MR) is 132 cm³/mol. The SMILES string of the molecule is Cn1c(=O)oc2ccc(CNC(=O)c3ncnc4c(NC(=O)c5ccc(-c6nn[nH]n6)cc5)n[nH]c34)cc21. The maximum atomic E-state index is 12.9. The molecule has 0 aliphatic rings. The van der Waals surface area contributed by atoms with Gasteiger partial charge in [-0.1, -0.05) is 18.2 Å². The van der Waals surface area contributed by atoms with E-state index in [0.29, 0.717) is 28.1 Å². The standard InChI is InChI=1S/C23H17N11O4/c1-34-14-8-11(2-7-15(14)38-23(34)37)9-24-22(36)18-16-17(25-10-26-18)20(29-28-16)27-21(35)13-5-3-12(4-6-13)19-30-32-33-31-19/h2-8,10H,9H2,1H3,(H,24,36)(H2,27,28,29,35)(H,30,31,32,33). The highest BCUT2D eigenvalue weighted by atomic mass is 16.4. The molecule has 2 amide bonds. The summed E-state index contributed by atoms with van der Waals surface area (Å²) in [6.07, 6.45) is 1.22. The summed E-state index contributed by atoms with van der Waals surface area (Å²) in [6.45, 7) is 0.178. The van der Waals surface area contributed by atoms with Gasteiger partial charge in [0.25, 0.3) is 11.8 Å². The predicted octanol–water partition coefficient (Wildman–Crippen LogP) is 1.16. The van der Waals surface area contributed by atoms with Crippen molar-refractivity contribution in [1.29, 1.82) is 0 Å². The number of hydrogen-bond donors (Lipinski definition) is 4. The maximum Gasteiger partial charge on any atom is 0.419 e. The Hall–Kier alpha value is -5.73. The number of hydrogen-bond acceptors (Lipinski definition) is 10. The summed E-state index contributed by atoms with van der Waals surface area (Å²) in [5.41, 5.74) is 3.49. The van der Waals surface area contributed by atoms with Gasteiger partial charge in [-0.15, -0.1) is 10.2 Å². The second kappa shape index (κ2) is 9.05. The van der Waals surface area contributed by atoms with E-state index < -0.39 is 17.6 Å². The number of amides is 2. The van der Waals surface area contributed by atoms with Crippen molar-refractivity contribution in [2.75, 3.05) is 5.32 Å². The zero-order valence-corrected chi connectivity index (χ0v) is 19.6. The monoisotopic (exact) mass is 511 g/mol. The minimum absolute atomic E-state index is 0.0595. The summed E-state index contributed by atoms with van der Waals surface area (Å²) in [6, 6.07) is 11.8. The average molecular weight is 511 g/mol. The fourth-order valence-corrected chi connectivity index (χ4v) is 3.88. The number of benzene rings is 2. The number of rotatable bonds is 6. The lowest BCUT2D eigenvalue weighted by atomic mass is 10.1. The van der Waals surface area contributed by atoms with E-state index in [9.17, 15) is 14.4 Å². The lowest BCUT2D eigenvalue weighted by Gasteiger charge is -2.06. The first-order valence-corrected chi connectivity index (χ1v) is 11.2. The molecule has 0 bridgehead atoms. The molecule has 0 fully saturated rings. The lowest BCUT2D eigenvalue weighted by Crippen LogP contribution is -2.24. The molecule has 0 unspecified atom stereocenters. The normalized spacial score (nSPS) is 11.2. The van der Waals surface area contributed by atoms with Gasteiger partial charge in [-0.25, -0.2) is 14.8 Å². The molecular formula is C23H17N11O4. The molecule has 188 valence electrons. The molecule has 0 atom stereocenters. The molecule has 4 N–H and O–H groups in total. The highest BCUT2D eigenvalue weighted by Crippen LogP contribution is 2.21. The highest BCUT2D eigenvalue weighted by Gasteiger charge is 2.19. The average Bonchev–Trinajstić information content (AvgIpc) is 3.68. The van der Waals surface area contributed by atoms with Crippen molar-refractivity contribution in [2.45, 2.75) is 6.54 Å². The summed E-state index contributed by atoms with van der Waals surface area (Å²) in [4.78, 5) is 45.7. The Morgan fingerprint density at radius 3 is 2.68 bits per heavy atom. The van der Waals surface area contributed by atoms with Crippen LogP contribution in [0.15, 0.2) is 58.0 Å². The van der Waals surface area contributed by atoms with E-state index in [1.807, 2.05) is 0 Å². The Morgan fingerprint density at radius 2 is 1.89 bits per heavy atom. The molecule has 0 saturated carbocycles. The third-order valence-corrected chi connectivity index (χ3v) is 5.86. The van der Waals surface area contributed by atoms with Crippen LogP contribution in [0.4, 0.5) is 5.82 Å². The molecule has 2 aromatic carbocycles. The Bertz CT molecular complexity index is 1870.